The van der Waals surface area contributed by atoms with E-state index in [1.165, 1.54) is 25.7 Å². The van der Waals surface area contributed by atoms with Gasteiger partial charge in [0.2, 0.25) is 0 Å². The van der Waals surface area contributed by atoms with Crippen LogP contribution in [0.15, 0.2) is 12.4 Å². The zero-order chi connectivity index (χ0) is 11.4. The van der Waals surface area contributed by atoms with Crippen LogP contribution in [0.4, 0.5) is 5.82 Å². The van der Waals surface area contributed by atoms with Crippen molar-refractivity contribution in [3.63, 3.8) is 0 Å². The van der Waals surface area contributed by atoms with Crippen molar-refractivity contribution in [1.29, 1.82) is 0 Å². The number of nitrogens with zero attached hydrogens (tertiary/aromatic N) is 3. The SMILES string of the molecule is CCCC1CCN(c2nccnc2C)CC1. The molecule has 1 aromatic rings. The van der Waals surface area contributed by atoms with Gasteiger partial charge in [0.1, 0.15) is 5.82 Å². The molecule has 3 heteroatoms. The fourth-order valence-corrected chi connectivity index (χ4v) is 2.55. The van der Waals surface area contributed by atoms with Crippen molar-refractivity contribution in [2.24, 2.45) is 5.92 Å². The lowest BCUT2D eigenvalue weighted by Crippen LogP contribution is -2.34. The molecule has 1 fully saturated rings. The summed E-state index contributed by atoms with van der Waals surface area (Å²) < 4.78 is 0. The van der Waals surface area contributed by atoms with Crippen LogP contribution in [0.1, 0.15) is 38.3 Å². The third-order valence-electron chi connectivity index (χ3n) is 3.47. The summed E-state index contributed by atoms with van der Waals surface area (Å²) in [5.74, 6) is 2.01. The summed E-state index contributed by atoms with van der Waals surface area (Å²) in [5.41, 5.74) is 1.05. The second-order valence-corrected chi connectivity index (χ2v) is 4.68. The first-order valence-electron chi connectivity index (χ1n) is 6.33. The van der Waals surface area contributed by atoms with Crippen LogP contribution in [-0.4, -0.2) is 23.1 Å². The van der Waals surface area contributed by atoms with Crippen molar-refractivity contribution in [3.8, 4) is 0 Å². The average molecular weight is 219 g/mol. The van der Waals surface area contributed by atoms with Gasteiger partial charge in [0.15, 0.2) is 0 Å². The van der Waals surface area contributed by atoms with Gasteiger partial charge in [-0.15, -0.1) is 0 Å². The largest absolute Gasteiger partial charge is 0.355 e. The number of hydrogen-bond donors (Lipinski definition) is 0. The van der Waals surface area contributed by atoms with Crippen LogP contribution in [-0.2, 0) is 0 Å². The summed E-state index contributed by atoms with van der Waals surface area (Å²) in [6.07, 6.45) is 8.87. The zero-order valence-corrected chi connectivity index (χ0v) is 10.3. The van der Waals surface area contributed by atoms with Gasteiger partial charge in [-0.25, -0.2) is 4.98 Å². The second-order valence-electron chi connectivity index (χ2n) is 4.68. The Bertz CT molecular complexity index is 330. The van der Waals surface area contributed by atoms with Gasteiger partial charge in [0.05, 0.1) is 5.69 Å². The van der Waals surface area contributed by atoms with Crippen LogP contribution in [0.5, 0.6) is 0 Å². The highest BCUT2D eigenvalue weighted by Crippen LogP contribution is 2.25. The molecule has 0 amide bonds. The van der Waals surface area contributed by atoms with E-state index in [4.69, 9.17) is 0 Å². The Morgan fingerprint density at radius 3 is 2.56 bits per heavy atom. The van der Waals surface area contributed by atoms with Crippen LogP contribution in [0, 0.1) is 12.8 Å². The summed E-state index contributed by atoms with van der Waals surface area (Å²) in [7, 11) is 0. The van der Waals surface area contributed by atoms with E-state index >= 15 is 0 Å². The van der Waals surface area contributed by atoms with E-state index in [0.29, 0.717) is 0 Å². The molecule has 16 heavy (non-hydrogen) atoms. The summed E-state index contributed by atoms with van der Waals surface area (Å²) >= 11 is 0. The lowest BCUT2D eigenvalue weighted by Gasteiger charge is -2.33. The first-order chi connectivity index (χ1) is 7.81. The van der Waals surface area contributed by atoms with Crippen LogP contribution in [0.25, 0.3) is 0 Å². The molecule has 1 saturated heterocycles. The Balaban J connectivity index is 1.96. The van der Waals surface area contributed by atoms with Gasteiger partial charge in [0, 0.05) is 25.5 Å². The van der Waals surface area contributed by atoms with Gasteiger partial charge >= 0.3 is 0 Å². The van der Waals surface area contributed by atoms with E-state index in [0.717, 1.165) is 30.5 Å². The number of anilines is 1. The van der Waals surface area contributed by atoms with Gasteiger partial charge in [0.25, 0.3) is 0 Å². The third kappa shape index (κ3) is 2.52. The summed E-state index contributed by atoms with van der Waals surface area (Å²) in [4.78, 5) is 11.1. The number of hydrogen-bond acceptors (Lipinski definition) is 3. The third-order valence-corrected chi connectivity index (χ3v) is 3.47. The van der Waals surface area contributed by atoms with Crippen LogP contribution >= 0.6 is 0 Å². The summed E-state index contributed by atoms with van der Waals surface area (Å²) in [6.45, 7) is 6.61. The minimum atomic E-state index is 0.929. The molecule has 2 rings (SSSR count). The highest BCUT2D eigenvalue weighted by molar-refractivity contribution is 5.42. The van der Waals surface area contributed by atoms with Crippen molar-refractivity contribution in [2.45, 2.75) is 39.5 Å². The van der Waals surface area contributed by atoms with Crippen LogP contribution in [0.2, 0.25) is 0 Å². The lowest BCUT2D eigenvalue weighted by atomic mass is 9.92. The summed E-state index contributed by atoms with van der Waals surface area (Å²) in [6, 6.07) is 0. The van der Waals surface area contributed by atoms with Crippen molar-refractivity contribution in [1.82, 2.24) is 9.97 Å². The molecule has 0 atom stereocenters. The van der Waals surface area contributed by atoms with E-state index in [-0.39, 0.29) is 0 Å². The highest BCUT2D eigenvalue weighted by Gasteiger charge is 2.20. The van der Waals surface area contributed by atoms with Gasteiger partial charge < -0.3 is 4.90 Å². The number of piperidine rings is 1. The number of rotatable bonds is 3. The van der Waals surface area contributed by atoms with Crippen LogP contribution < -0.4 is 4.90 Å². The molecule has 3 nitrogen and oxygen atoms in total. The molecule has 0 aromatic carbocycles. The quantitative estimate of drug-likeness (QED) is 0.782. The Morgan fingerprint density at radius 1 is 1.25 bits per heavy atom. The maximum absolute atomic E-state index is 4.44. The Kier molecular flexibility index (Phi) is 3.75. The standard InChI is InChI=1S/C13H21N3/c1-3-4-12-5-9-16(10-6-12)13-11(2)14-7-8-15-13/h7-8,12H,3-6,9-10H2,1-2H3. The Morgan fingerprint density at radius 2 is 1.94 bits per heavy atom. The highest BCUT2D eigenvalue weighted by atomic mass is 15.2. The fraction of sp³-hybridized carbons (Fsp3) is 0.692. The van der Waals surface area contributed by atoms with Crippen molar-refractivity contribution >= 4 is 5.82 Å². The van der Waals surface area contributed by atoms with Gasteiger partial charge in [-0.3, -0.25) is 4.98 Å². The zero-order valence-electron chi connectivity index (χ0n) is 10.3. The van der Waals surface area contributed by atoms with Crippen molar-refractivity contribution < 1.29 is 0 Å². The normalized spacial score (nSPS) is 17.8. The molecule has 1 aliphatic rings. The second kappa shape index (κ2) is 5.28. The molecule has 0 radical (unpaired) electrons. The molecule has 1 aromatic heterocycles. The molecule has 88 valence electrons. The number of aryl methyl sites for hydroxylation is 1. The van der Waals surface area contributed by atoms with Crippen molar-refractivity contribution in [2.75, 3.05) is 18.0 Å². The molecule has 0 N–H and O–H groups in total. The van der Waals surface area contributed by atoms with E-state index in [9.17, 15) is 0 Å². The van der Waals surface area contributed by atoms with Crippen molar-refractivity contribution in [3.05, 3.63) is 18.1 Å². The molecular weight excluding hydrogens is 198 g/mol. The molecule has 0 bridgehead atoms. The van der Waals surface area contributed by atoms with E-state index in [2.05, 4.69) is 21.8 Å². The monoisotopic (exact) mass is 219 g/mol. The van der Waals surface area contributed by atoms with Gasteiger partial charge in [-0.1, -0.05) is 19.8 Å². The summed E-state index contributed by atoms with van der Waals surface area (Å²) in [5, 5.41) is 0. The first-order valence-corrected chi connectivity index (χ1v) is 6.33. The fourth-order valence-electron chi connectivity index (χ4n) is 2.55. The Labute approximate surface area is 97.9 Å². The maximum Gasteiger partial charge on any atom is 0.150 e. The molecule has 2 heterocycles. The van der Waals surface area contributed by atoms with E-state index < -0.39 is 0 Å². The molecule has 1 aliphatic heterocycles. The molecular formula is C13H21N3. The van der Waals surface area contributed by atoms with Gasteiger partial charge in [-0.05, 0) is 25.7 Å². The predicted octanol–water partition coefficient (Wildman–Crippen LogP) is 2.80. The minimum absolute atomic E-state index is 0.929. The Hall–Kier alpha value is -1.12. The predicted molar refractivity (Wildman–Crippen MR) is 66.6 cm³/mol. The van der Waals surface area contributed by atoms with Crippen LogP contribution in [0.3, 0.4) is 0 Å². The molecule has 0 spiro atoms. The molecule has 0 aliphatic carbocycles. The molecule has 0 saturated carbocycles. The first kappa shape index (κ1) is 11.4. The minimum Gasteiger partial charge on any atom is -0.355 e. The average Bonchev–Trinajstić information content (AvgIpc) is 2.31. The topological polar surface area (TPSA) is 29.0 Å². The lowest BCUT2D eigenvalue weighted by molar-refractivity contribution is 0.377. The van der Waals surface area contributed by atoms with Gasteiger partial charge in [-0.2, -0.15) is 0 Å². The maximum atomic E-state index is 4.44. The van der Waals surface area contributed by atoms with E-state index in [1.54, 1.807) is 12.4 Å². The number of aromatic nitrogens is 2. The smallest absolute Gasteiger partial charge is 0.150 e. The molecule has 0 unspecified atom stereocenters. The van der Waals surface area contributed by atoms with E-state index in [1.807, 2.05) is 6.92 Å².